The highest BCUT2D eigenvalue weighted by molar-refractivity contribution is 9.10. The molecule has 0 spiro atoms. The second-order valence-corrected chi connectivity index (χ2v) is 9.58. The van der Waals surface area contributed by atoms with Crippen LogP contribution in [0.25, 0.3) is 0 Å². The number of ether oxygens (including phenoxy) is 1. The predicted molar refractivity (Wildman–Crippen MR) is 158 cm³/mol. The summed E-state index contributed by atoms with van der Waals surface area (Å²) in [4.78, 5) is 32.5. The predicted octanol–water partition coefficient (Wildman–Crippen LogP) is 7.94. The van der Waals surface area contributed by atoms with Crippen molar-refractivity contribution in [1.82, 2.24) is 4.90 Å². The fourth-order valence-corrected chi connectivity index (χ4v) is 3.01. The maximum Gasteiger partial charge on any atom is 0.218 e. The minimum Gasteiger partial charge on any atom is -0.508 e. The summed E-state index contributed by atoms with van der Waals surface area (Å²) in [5.41, 5.74) is 0.621. The molecule has 1 N–H and O–H groups in total. The number of hydrogen-bond acceptors (Lipinski definition) is 5. The molecule has 0 unspecified atom stereocenters. The van der Waals surface area contributed by atoms with Gasteiger partial charge in [0.25, 0.3) is 0 Å². The number of rotatable bonds is 4. The van der Waals surface area contributed by atoms with Crippen molar-refractivity contribution >= 4 is 50.3 Å². The number of aldehydes is 2. The number of para-hydroxylation sites is 2. The first kappa shape index (κ1) is 33.2. The molecule has 6 nitrogen and oxygen atoms in total. The Labute approximate surface area is 244 Å². The van der Waals surface area contributed by atoms with Crippen molar-refractivity contribution in [3.8, 4) is 17.2 Å². The lowest BCUT2D eigenvalue weighted by atomic mass is 10.2. The van der Waals surface area contributed by atoms with Crippen LogP contribution in [0.1, 0.15) is 27.6 Å². The third-order valence-corrected chi connectivity index (χ3v) is 5.54. The number of amides is 1. The van der Waals surface area contributed by atoms with Crippen molar-refractivity contribution in [1.29, 1.82) is 0 Å². The Kier molecular flexibility index (Phi) is 15.7. The summed E-state index contributed by atoms with van der Waals surface area (Å²) in [6.07, 6.45) is 1.27. The van der Waals surface area contributed by atoms with Crippen LogP contribution in [0.5, 0.6) is 17.2 Å². The molecule has 9 heteroatoms. The van der Waals surface area contributed by atoms with E-state index in [-0.39, 0.29) is 11.5 Å². The van der Waals surface area contributed by atoms with E-state index in [1.165, 1.54) is 24.0 Å². The van der Waals surface area contributed by atoms with Gasteiger partial charge in [-0.2, -0.15) is 0 Å². The summed E-state index contributed by atoms with van der Waals surface area (Å²) in [6, 6.07) is 27.7. The van der Waals surface area contributed by atoms with E-state index in [0.29, 0.717) is 33.6 Å². The molecular formula is C30H28Br2FNO5. The van der Waals surface area contributed by atoms with Crippen LogP contribution in [-0.2, 0) is 4.79 Å². The van der Waals surface area contributed by atoms with Crippen molar-refractivity contribution in [2.24, 2.45) is 0 Å². The highest BCUT2D eigenvalue weighted by atomic mass is 79.9. The lowest BCUT2D eigenvalue weighted by Crippen LogP contribution is -2.17. The van der Waals surface area contributed by atoms with Crippen molar-refractivity contribution in [2.45, 2.75) is 6.92 Å². The van der Waals surface area contributed by atoms with Crippen molar-refractivity contribution in [2.75, 3.05) is 14.1 Å². The average molecular weight is 661 g/mol. The Balaban J connectivity index is 0.000000284. The van der Waals surface area contributed by atoms with Gasteiger partial charge in [-0.25, -0.2) is 4.39 Å². The van der Waals surface area contributed by atoms with Gasteiger partial charge in [-0.1, -0.05) is 68.3 Å². The summed E-state index contributed by atoms with van der Waals surface area (Å²) >= 11 is 6.41. The molecule has 4 rings (SSSR count). The Morgan fingerprint density at radius 3 is 1.67 bits per heavy atom. The van der Waals surface area contributed by atoms with Gasteiger partial charge in [0.2, 0.25) is 5.91 Å². The van der Waals surface area contributed by atoms with Gasteiger partial charge < -0.3 is 14.7 Å². The first-order valence-corrected chi connectivity index (χ1v) is 13.0. The summed E-state index contributed by atoms with van der Waals surface area (Å²) in [5.74, 6) is 1.18. The number of carbonyl (C=O) groups excluding carboxylic acids is 3. The zero-order valence-electron chi connectivity index (χ0n) is 21.6. The molecule has 0 aliphatic carbocycles. The Morgan fingerprint density at radius 1 is 0.795 bits per heavy atom. The Bertz CT molecular complexity index is 1320. The highest BCUT2D eigenvalue weighted by Crippen LogP contribution is 2.27. The number of phenols is 1. The van der Waals surface area contributed by atoms with E-state index in [1.54, 1.807) is 56.6 Å². The van der Waals surface area contributed by atoms with E-state index in [0.717, 1.165) is 10.8 Å². The smallest absolute Gasteiger partial charge is 0.218 e. The summed E-state index contributed by atoms with van der Waals surface area (Å²) in [5, 5.41) is 8.63. The zero-order chi connectivity index (χ0) is 29.2. The number of nitrogens with zero attached hydrogens (tertiary/aromatic N) is 1. The van der Waals surface area contributed by atoms with E-state index in [1.807, 2.05) is 42.5 Å². The van der Waals surface area contributed by atoms with E-state index >= 15 is 0 Å². The SMILES string of the molecule is CC(=O)N(C)C.O=Cc1ccc(Br)cc1F.O=Cc1ccc(Br)cc1Oc1ccccc1.Oc1ccccc1. The van der Waals surface area contributed by atoms with Gasteiger partial charge in [-0.15, -0.1) is 0 Å². The van der Waals surface area contributed by atoms with Crippen LogP contribution in [0, 0.1) is 5.82 Å². The fourth-order valence-electron chi connectivity index (χ4n) is 2.33. The second kappa shape index (κ2) is 18.4. The Morgan fingerprint density at radius 2 is 1.26 bits per heavy atom. The van der Waals surface area contributed by atoms with Crippen LogP contribution >= 0.6 is 31.9 Å². The topological polar surface area (TPSA) is 83.9 Å². The molecule has 0 atom stereocenters. The number of aromatic hydroxyl groups is 1. The number of hydrogen-bond donors (Lipinski definition) is 1. The van der Waals surface area contributed by atoms with E-state index in [4.69, 9.17) is 9.84 Å². The third kappa shape index (κ3) is 14.1. The van der Waals surface area contributed by atoms with Gasteiger partial charge in [-0.05, 0) is 60.7 Å². The van der Waals surface area contributed by atoms with E-state index < -0.39 is 5.82 Å². The monoisotopic (exact) mass is 659 g/mol. The lowest BCUT2D eigenvalue weighted by Gasteiger charge is -2.07. The first-order valence-electron chi connectivity index (χ1n) is 11.4. The third-order valence-electron chi connectivity index (χ3n) is 4.55. The average Bonchev–Trinajstić information content (AvgIpc) is 2.91. The molecule has 0 radical (unpaired) electrons. The van der Waals surface area contributed by atoms with Gasteiger partial charge in [0, 0.05) is 30.0 Å². The molecule has 0 aromatic heterocycles. The molecule has 0 bridgehead atoms. The largest absolute Gasteiger partial charge is 0.508 e. The van der Waals surface area contributed by atoms with Gasteiger partial charge in [0.15, 0.2) is 12.6 Å². The number of halogens is 3. The van der Waals surface area contributed by atoms with E-state index in [2.05, 4.69) is 31.9 Å². The van der Waals surface area contributed by atoms with Gasteiger partial charge >= 0.3 is 0 Å². The minimum atomic E-state index is -0.496. The van der Waals surface area contributed by atoms with Gasteiger partial charge in [0.1, 0.15) is 23.1 Å². The molecule has 4 aromatic rings. The molecule has 0 saturated heterocycles. The van der Waals surface area contributed by atoms with Gasteiger partial charge in [0.05, 0.1) is 11.1 Å². The van der Waals surface area contributed by atoms with Crippen molar-refractivity contribution < 1.29 is 28.6 Å². The quantitative estimate of drug-likeness (QED) is 0.225. The number of benzene rings is 4. The van der Waals surface area contributed by atoms with E-state index in [9.17, 15) is 18.8 Å². The fraction of sp³-hybridized carbons (Fsp3) is 0.100. The zero-order valence-corrected chi connectivity index (χ0v) is 24.7. The van der Waals surface area contributed by atoms with Crippen molar-refractivity contribution in [3.05, 3.63) is 123 Å². The van der Waals surface area contributed by atoms with Crippen LogP contribution in [0.4, 0.5) is 4.39 Å². The van der Waals surface area contributed by atoms with Crippen LogP contribution in [-0.4, -0.2) is 42.6 Å². The summed E-state index contributed by atoms with van der Waals surface area (Å²) in [6.45, 7) is 1.53. The molecular weight excluding hydrogens is 633 g/mol. The number of phenolic OH excluding ortho intramolecular Hbond substituents is 1. The normalized spacial score (nSPS) is 9.18. The Hall–Kier alpha value is -3.82. The summed E-state index contributed by atoms with van der Waals surface area (Å²) < 4.78 is 19.7. The van der Waals surface area contributed by atoms with Crippen LogP contribution < -0.4 is 4.74 Å². The standard InChI is InChI=1S/C13H9BrO2.C7H4BrFO.C6H6O.C4H9NO/c14-11-7-6-10(9-15)13(8-11)16-12-4-2-1-3-5-12;8-6-2-1-5(4-10)7(9)3-6;7-6-4-2-1-3-5-6;1-4(6)5(2)3/h1-9H;1-4H;1-5,7H;1-3H3. The molecule has 0 fully saturated rings. The summed E-state index contributed by atoms with van der Waals surface area (Å²) in [7, 11) is 3.45. The van der Waals surface area contributed by atoms with Crippen LogP contribution in [0.15, 0.2) is 106 Å². The number of carbonyl (C=O) groups is 3. The first-order chi connectivity index (χ1) is 18.6. The molecule has 4 aromatic carbocycles. The van der Waals surface area contributed by atoms with Crippen LogP contribution in [0.3, 0.4) is 0 Å². The molecule has 39 heavy (non-hydrogen) atoms. The maximum absolute atomic E-state index is 12.6. The highest BCUT2D eigenvalue weighted by Gasteiger charge is 2.04. The lowest BCUT2D eigenvalue weighted by molar-refractivity contribution is -0.126. The molecule has 1 amide bonds. The molecule has 204 valence electrons. The molecule has 0 saturated carbocycles. The van der Waals surface area contributed by atoms with Gasteiger partial charge in [-0.3, -0.25) is 14.4 Å². The molecule has 0 aliphatic heterocycles. The maximum atomic E-state index is 12.6. The second-order valence-electron chi connectivity index (χ2n) is 7.75. The van der Waals surface area contributed by atoms with Crippen LogP contribution in [0.2, 0.25) is 0 Å². The molecule has 0 heterocycles. The minimum absolute atomic E-state index is 0.0863. The van der Waals surface area contributed by atoms with Crippen molar-refractivity contribution in [3.63, 3.8) is 0 Å². The molecule has 0 aliphatic rings.